The molecular weight excluding hydrogens is 709 g/mol. The van der Waals surface area contributed by atoms with Gasteiger partial charge in [0.1, 0.15) is 18.0 Å². The van der Waals surface area contributed by atoms with Crippen LogP contribution in [-0.2, 0) is 4.74 Å². The first-order valence-electron chi connectivity index (χ1n) is 21.4. The lowest BCUT2D eigenvalue weighted by molar-refractivity contribution is 0.0105. The molecule has 0 amide bonds. The number of hydrogen-bond acceptors (Lipinski definition) is 4. The summed E-state index contributed by atoms with van der Waals surface area (Å²) in [4.78, 5) is 5.21. The van der Waals surface area contributed by atoms with Crippen molar-refractivity contribution in [2.45, 2.75) is 69.4 Å². The minimum Gasteiger partial charge on any atom is -0.483 e. The lowest BCUT2D eigenvalue weighted by Crippen LogP contribution is -2.46. The molecule has 0 radical (unpaired) electrons. The van der Waals surface area contributed by atoms with Gasteiger partial charge < -0.3 is 19.3 Å². The molecule has 9 aliphatic rings. The van der Waals surface area contributed by atoms with Gasteiger partial charge in [0.15, 0.2) is 0 Å². The minimum atomic E-state index is -0.126. The summed E-state index contributed by atoms with van der Waals surface area (Å²) >= 11 is 0. The van der Waals surface area contributed by atoms with Gasteiger partial charge in [0.2, 0.25) is 0 Å². The molecule has 9 atom stereocenters. The van der Waals surface area contributed by atoms with Gasteiger partial charge in [-0.2, -0.15) is 0 Å². The number of hydrogen-bond donors (Lipinski definition) is 0. The zero-order valence-corrected chi connectivity index (χ0v) is 33.1. The summed E-state index contributed by atoms with van der Waals surface area (Å²) in [5.74, 6) is 2.15. The molecule has 2 aliphatic heterocycles. The Morgan fingerprint density at radius 3 is 2.55 bits per heavy atom. The van der Waals surface area contributed by atoms with E-state index in [2.05, 4.69) is 188 Å². The molecule has 58 heavy (non-hydrogen) atoms. The molecule has 2 heterocycles. The standard InChI is InChI=1S/C54H48N2O2/c1-33-11-7-13-37(31-33)55(47-19-9-17-41-39-15-3-5-21-49(39)57-53(41)47)45-29-25-35-24-28-44-46(30-26-36-23-27-43(45)51(35)52(36)44)56(38-14-8-12-34(2)32-38)48-20-10-18-42-40-16-4-6-22-50(40)58-54(42)48/h3-5,7-11,13-21,23-32,34,40,44,47-48,50,52-54H,6,12,22H2,1-2H3. The lowest BCUT2D eigenvalue weighted by atomic mass is 9.67. The van der Waals surface area contributed by atoms with Crippen LogP contribution in [-0.4, -0.2) is 35.3 Å². The van der Waals surface area contributed by atoms with Gasteiger partial charge in [-0.25, -0.2) is 0 Å². The molecule has 0 saturated carbocycles. The average molecular weight is 757 g/mol. The van der Waals surface area contributed by atoms with Gasteiger partial charge in [-0.15, -0.1) is 0 Å². The minimum absolute atomic E-state index is 0.0168. The Morgan fingerprint density at radius 2 is 1.64 bits per heavy atom. The molecular formula is C54H48N2O2. The molecule has 1 fully saturated rings. The monoisotopic (exact) mass is 756 g/mol. The summed E-state index contributed by atoms with van der Waals surface area (Å²) in [5.41, 5.74) is 15.5. The maximum absolute atomic E-state index is 7.05. The van der Waals surface area contributed by atoms with E-state index in [-0.39, 0.29) is 42.2 Å². The van der Waals surface area contributed by atoms with E-state index in [4.69, 9.17) is 9.47 Å². The molecule has 3 aromatic carbocycles. The van der Waals surface area contributed by atoms with Crippen molar-refractivity contribution in [1.82, 2.24) is 4.90 Å². The molecule has 0 N–H and O–H groups in total. The van der Waals surface area contributed by atoms with Gasteiger partial charge in [0, 0.05) is 57.2 Å². The van der Waals surface area contributed by atoms with Crippen LogP contribution in [0.4, 0.5) is 11.4 Å². The number of ether oxygens (including phenoxy) is 2. The Bertz CT molecular complexity index is 2600. The topological polar surface area (TPSA) is 24.9 Å². The second kappa shape index (κ2) is 13.4. The quantitative estimate of drug-likeness (QED) is 0.234. The fourth-order valence-electron chi connectivity index (χ4n) is 11.4. The van der Waals surface area contributed by atoms with Gasteiger partial charge >= 0.3 is 0 Å². The summed E-state index contributed by atoms with van der Waals surface area (Å²) in [6.07, 6.45) is 43.7. The van der Waals surface area contributed by atoms with Crippen LogP contribution in [0.1, 0.15) is 59.9 Å². The van der Waals surface area contributed by atoms with Crippen molar-refractivity contribution in [2.24, 2.45) is 17.8 Å². The summed E-state index contributed by atoms with van der Waals surface area (Å²) in [6.45, 7) is 4.53. The van der Waals surface area contributed by atoms with E-state index in [0.717, 1.165) is 25.0 Å². The van der Waals surface area contributed by atoms with E-state index in [1.807, 2.05) is 0 Å². The average Bonchev–Trinajstić information content (AvgIpc) is 3.84. The molecule has 0 bridgehead atoms. The Hall–Kier alpha value is -5.84. The molecule has 4 heteroatoms. The molecule has 9 unspecified atom stereocenters. The van der Waals surface area contributed by atoms with Gasteiger partial charge in [-0.3, -0.25) is 0 Å². The predicted molar refractivity (Wildman–Crippen MR) is 236 cm³/mol. The normalized spacial score (nSPS) is 31.1. The number of allylic oxidation sites excluding steroid dienone is 13. The van der Waals surface area contributed by atoms with Crippen LogP contribution in [0.25, 0.3) is 17.7 Å². The molecule has 3 aromatic rings. The highest BCUT2D eigenvalue weighted by Gasteiger charge is 2.48. The molecule has 1 saturated heterocycles. The smallest absolute Gasteiger partial charge is 0.149 e. The van der Waals surface area contributed by atoms with Crippen molar-refractivity contribution in [3.05, 3.63) is 202 Å². The maximum Gasteiger partial charge on any atom is 0.149 e. The third-order valence-corrected chi connectivity index (χ3v) is 13.9. The fraction of sp³-hybridized carbons (Fsp3) is 0.259. The largest absolute Gasteiger partial charge is 0.483 e. The van der Waals surface area contributed by atoms with Crippen molar-refractivity contribution >= 4 is 29.1 Å². The lowest BCUT2D eigenvalue weighted by Gasteiger charge is -2.47. The molecule has 0 aromatic heterocycles. The third kappa shape index (κ3) is 5.24. The highest BCUT2D eigenvalue weighted by atomic mass is 16.5. The number of rotatable bonds is 6. The van der Waals surface area contributed by atoms with Crippen molar-refractivity contribution in [2.75, 3.05) is 4.90 Å². The highest BCUT2D eigenvalue weighted by Crippen LogP contribution is 2.55. The summed E-state index contributed by atoms with van der Waals surface area (Å²) < 4.78 is 13.9. The number of aryl methyl sites for hydroxylation is 1. The predicted octanol–water partition coefficient (Wildman–Crippen LogP) is 11.9. The number of para-hydroxylation sites is 1. The fourth-order valence-corrected chi connectivity index (χ4v) is 11.4. The van der Waals surface area contributed by atoms with Crippen LogP contribution in [0.5, 0.6) is 5.75 Å². The number of fused-ring (bicyclic) bond motifs is 6. The molecule has 286 valence electrons. The Morgan fingerprint density at radius 1 is 0.741 bits per heavy atom. The Balaban J connectivity index is 0.970. The van der Waals surface area contributed by atoms with Crippen LogP contribution in [0.3, 0.4) is 0 Å². The van der Waals surface area contributed by atoms with E-state index >= 15 is 0 Å². The number of nitrogens with zero attached hydrogens (tertiary/aromatic N) is 2. The van der Waals surface area contributed by atoms with Crippen LogP contribution < -0.4 is 9.64 Å². The zero-order chi connectivity index (χ0) is 38.5. The summed E-state index contributed by atoms with van der Waals surface area (Å²) in [5, 5.41) is 0. The summed E-state index contributed by atoms with van der Waals surface area (Å²) in [6, 6.07) is 22.2. The summed E-state index contributed by atoms with van der Waals surface area (Å²) in [7, 11) is 0. The second-order valence-electron chi connectivity index (χ2n) is 17.4. The van der Waals surface area contributed by atoms with Crippen LogP contribution in [0, 0.1) is 24.7 Å². The van der Waals surface area contributed by atoms with E-state index in [0.29, 0.717) is 11.8 Å². The van der Waals surface area contributed by atoms with Crippen LogP contribution in [0.2, 0.25) is 0 Å². The van der Waals surface area contributed by atoms with Crippen molar-refractivity contribution in [3.8, 4) is 5.75 Å². The van der Waals surface area contributed by atoms with Crippen LogP contribution in [0.15, 0.2) is 174 Å². The molecule has 4 nitrogen and oxygen atoms in total. The van der Waals surface area contributed by atoms with Crippen molar-refractivity contribution in [3.63, 3.8) is 0 Å². The van der Waals surface area contributed by atoms with Crippen LogP contribution >= 0.6 is 0 Å². The number of anilines is 2. The van der Waals surface area contributed by atoms with Crippen molar-refractivity contribution < 1.29 is 9.47 Å². The third-order valence-electron chi connectivity index (χ3n) is 13.9. The van der Waals surface area contributed by atoms with Gasteiger partial charge in [0.05, 0.1) is 18.2 Å². The van der Waals surface area contributed by atoms with E-state index < -0.39 is 0 Å². The Kier molecular flexibility index (Phi) is 7.88. The maximum atomic E-state index is 7.05. The zero-order valence-electron chi connectivity index (χ0n) is 33.1. The van der Waals surface area contributed by atoms with E-state index in [1.165, 1.54) is 67.3 Å². The van der Waals surface area contributed by atoms with Crippen molar-refractivity contribution in [1.29, 1.82) is 0 Å². The Labute approximate surface area is 342 Å². The van der Waals surface area contributed by atoms with E-state index in [9.17, 15) is 0 Å². The molecule has 12 rings (SSSR count). The molecule has 7 aliphatic carbocycles. The first-order valence-corrected chi connectivity index (χ1v) is 21.4. The highest BCUT2D eigenvalue weighted by molar-refractivity contribution is 5.87. The number of benzene rings is 3. The van der Waals surface area contributed by atoms with Gasteiger partial charge in [0.25, 0.3) is 0 Å². The van der Waals surface area contributed by atoms with Gasteiger partial charge in [-0.05, 0) is 96.4 Å². The van der Waals surface area contributed by atoms with Gasteiger partial charge in [-0.1, -0.05) is 134 Å². The van der Waals surface area contributed by atoms with E-state index in [1.54, 1.807) is 0 Å². The molecule has 0 spiro atoms. The first-order chi connectivity index (χ1) is 28.6. The second-order valence-corrected chi connectivity index (χ2v) is 17.4. The SMILES string of the molecule is Cc1cccc(N(c2ccc3c4c2C=CC2=CC=C(N(C5=CC(C)CC=C5)C5C=CC=C6C7C=CCCC7OC65)C(C=C3)C24)C2C=CC=C3c4ccccc4OC32)c1. The first kappa shape index (κ1) is 34.2.